The zero-order valence-electron chi connectivity index (χ0n) is 11.1. The Morgan fingerprint density at radius 3 is 1.31 bits per heavy atom. The number of carbonyl (C=O) groups is 2. The Morgan fingerprint density at radius 2 is 1.19 bits per heavy atom. The number of Topliss-reactive ketones (excluding diaryl/α,β-unsaturated/α-hetero) is 2. The third kappa shape index (κ3) is 23.3. The minimum atomic E-state index is 0. The molecule has 0 rings (SSSR count). The van der Waals surface area contributed by atoms with E-state index in [1.165, 1.54) is 0 Å². The normalized spacial score (nSPS) is 9.25. The van der Waals surface area contributed by atoms with E-state index in [-0.39, 0.29) is 13.2 Å². The van der Waals surface area contributed by atoms with Gasteiger partial charge >= 0.3 is 0 Å². The fourth-order valence-electron chi connectivity index (χ4n) is 0.994. The molecule has 0 aromatic carbocycles. The summed E-state index contributed by atoms with van der Waals surface area (Å²) in [5.41, 5.74) is 0. The Morgan fingerprint density at radius 1 is 0.938 bits per heavy atom. The predicted molar refractivity (Wildman–Crippen MR) is 71.6 cm³/mol. The van der Waals surface area contributed by atoms with Gasteiger partial charge in [0.25, 0.3) is 0 Å². The van der Waals surface area contributed by atoms with Crippen molar-refractivity contribution in [2.75, 3.05) is 0 Å². The lowest BCUT2D eigenvalue weighted by molar-refractivity contribution is -0.120. The molecule has 0 fully saturated rings. The second-order valence-corrected chi connectivity index (χ2v) is 4.79. The van der Waals surface area contributed by atoms with Crippen LogP contribution in [0.15, 0.2) is 0 Å². The Hall–Kier alpha value is -0.660. The molecule has 0 aliphatic heterocycles. The van der Waals surface area contributed by atoms with Gasteiger partial charge in [0, 0.05) is 19.3 Å². The van der Waals surface area contributed by atoms with E-state index in [1.54, 1.807) is 6.92 Å². The SMILES string of the molecule is C.CC(C)CC(=O)CC(C)C.CCC(C)=O. The first-order valence-electron chi connectivity index (χ1n) is 5.80. The maximum absolute atomic E-state index is 11.1. The van der Waals surface area contributed by atoms with Crippen molar-refractivity contribution in [1.82, 2.24) is 0 Å². The molecule has 0 bridgehead atoms. The van der Waals surface area contributed by atoms with Gasteiger partial charge in [0.1, 0.15) is 11.6 Å². The summed E-state index contributed by atoms with van der Waals surface area (Å²) >= 11 is 0. The molecule has 0 heterocycles. The standard InChI is InChI=1S/C9H18O.C4H8O.CH4/c1-7(2)5-9(10)6-8(3)4;1-3-4(2)5;/h7-8H,5-6H2,1-4H3;3H2,1-2H3;1H4. The summed E-state index contributed by atoms with van der Waals surface area (Å²) in [6.07, 6.45) is 2.16. The quantitative estimate of drug-likeness (QED) is 0.707. The highest BCUT2D eigenvalue weighted by molar-refractivity contribution is 5.78. The van der Waals surface area contributed by atoms with E-state index in [0.717, 1.165) is 12.8 Å². The molecule has 0 amide bonds. The summed E-state index contributed by atoms with van der Waals surface area (Å²) in [6, 6.07) is 0. The molecule has 0 atom stereocenters. The summed E-state index contributed by atoms with van der Waals surface area (Å²) in [4.78, 5) is 20.9. The number of hydrogen-bond acceptors (Lipinski definition) is 2. The van der Waals surface area contributed by atoms with Gasteiger partial charge < -0.3 is 4.79 Å². The first-order valence-corrected chi connectivity index (χ1v) is 5.80. The first kappa shape index (κ1) is 20.7. The number of carbonyl (C=O) groups excluding carboxylic acids is 2. The Bertz CT molecular complexity index is 169. The molecule has 0 unspecified atom stereocenters. The van der Waals surface area contributed by atoms with Gasteiger partial charge in [0.05, 0.1) is 0 Å². The summed E-state index contributed by atoms with van der Waals surface area (Å²) in [5.74, 6) is 1.70. The van der Waals surface area contributed by atoms with Gasteiger partial charge in [0.2, 0.25) is 0 Å². The van der Waals surface area contributed by atoms with Gasteiger partial charge in [-0.1, -0.05) is 42.0 Å². The van der Waals surface area contributed by atoms with Crippen LogP contribution in [0.3, 0.4) is 0 Å². The summed E-state index contributed by atoms with van der Waals surface area (Å²) < 4.78 is 0. The van der Waals surface area contributed by atoms with Gasteiger partial charge in [0.15, 0.2) is 0 Å². The summed E-state index contributed by atoms with van der Waals surface area (Å²) in [6.45, 7) is 11.8. The monoisotopic (exact) mass is 230 g/mol. The molecule has 0 saturated carbocycles. The minimum Gasteiger partial charge on any atom is -0.300 e. The fraction of sp³-hybridized carbons (Fsp3) is 0.857. The van der Waals surface area contributed by atoms with Crippen LogP contribution in [-0.4, -0.2) is 11.6 Å². The molecule has 0 radical (unpaired) electrons. The minimum absolute atomic E-state index is 0. The van der Waals surface area contributed by atoms with E-state index in [2.05, 4.69) is 27.7 Å². The Kier molecular flexibility index (Phi) is 16.1. The topological polar surface area (TPSA) is 34.1 Å². The van der Waals surface area contributed by atoms with Crippen molar-refractivity contribution in [2.24, 2.45) is 11.8 Å². The van der Waals surface area contributed by atoms with Crippen molar-refractivity contribution in [1.29, 1.82) is 0 Å². The van der Waals surface area contributed by atoms with E-state index in [1.807, 2.05) is 6.92 Å². The smallest absolute Gasteiger partial charge is 0.133 e. The van der Waals surface area contributed by atoms with E-state index < -0.39 is 0 Å². The molecular formula is C14H30O2. The highest BCUT2D eigenvalue weighted by Gasteiger charge is 2.06. The maximum atomic E-state index is 11.1. The zero-order valence-corrected chi connectivity index (χ0v) is 11.1. The number of hydrogen-bond donors (Lipinski definition) is 0. The number of ketones is 2. The molecule has 0 aromatic heterocycles. The molecule has 98 valence electrons. The first-order chi connectivity index (χ1) is 6.79. The van der Waals surface area contributed by atoms with Crippen molar-refractivity contribution in [3.63, 3.8) is 0 Å². The molecule has 0 aliphatic carbocycles. The highest BCUT2D eigenvalue weighted by atomic mass is 16.1. The lowest BCUT2D eigenvalue weighted by atomic mass is 10.00. The van der Waals surface area contributed by atoms with Crippen molar-refractivity contribution in [3.8, 4) is 0 Å². The van der Waals surface area contributed by atoms with E-state index in [0.29, 0.717) is 24.0 Å². The van der Waals surface area contributed by atoms with Crippen LogP contribution in [-0.2, 0) is 9.59 Å². The van der Waals surface area contributed by atoms with Crippen molar-refractivity contribution in [2.45, 2.75) is 68.2 Å². The molecular weight excluding hydrogens is 200 g/mol. The molecule has 2 heteroatoms. The van der Waals surface area contributed by atoms with Gasteiger partial charge in [-0.3, -0.25) is 4.79 Å². The van der Waals surface area contributed by atoms with Crippen LogP contribution in [0.1, 0.15) is 68.2 Å². The van der Waals surface area contributed by atoms with Crippen molar-refractivity contribution >= 4 is 11.6 Å². The molecule has 0 N–H and O–H groups in total. The maximum Gasteiger partial charge on any atom is 0.133 e. The second kappa shape index (κ2) is 12.4. The van der Waals surface area contributed by atoms with Crippen molar-refractivity contribution in [3.05, 3.63) is 0 Å². The number of rotatable bonds is 5. The lowest BCUT2D eigenvalue weighted by Gasteiger charge is -2.05. The van der Waals surface area contributed by atoms with Crippen LogP contribution in [0.5, 0.6) is 0 Å². The highest BCUT2D eigenvalue weighted by Crippen LogP contribution is 2.07. The average Bonchev–Trinajstić information content (AvgIpc) is 2.01. The van der Waals surface area contributed by atoms with E-state index >= 15 is 0 Å². The van der Waals surface area contributed by atoms with Crippen LogP contribution in [0.4, 0.5) is 0 Å². The lowest BCUT2D eigenvalue weighted by Crippen LogP contribution is -2.05. The molecule has 0 saturated heterocycles. The predicted octanol–water partition coefficient (Wildman–Crippen LogP) is 4.27. The van der Waals surface area contributed by atoms with Crippen LogP contribution >= 0.6 is 0 Å². The molecule has 0 aromatic rings. The Labute approximate surface area is 102 Å². The fourth-order valence-corrected chi connectivity index (χ4v) is 0.994. The van der Waals surface area contributed by atoms with E-state index in [4.69, 9.17) is 0 Å². The largest absolute Gasteiger partial charge is 0.300 e. The Balaban J connectivity index is -0.000000242. The third-order valence-corrected chi connectivity index (χ3v) is 1.77. The summed E-state index contributed by atoms with van der Waals surface area (Å²) in [7, 11) is 0. The molecule has 0 spiro atoms. The van der Waals surface area contributed by atoms with Crippen LogP contribution in [0, 0.1) is 11.8 Å². The van der Waals surface area contributed by atoms with Gasteiger partial charge in [-0.25, -0.2) is 0 Å². The van der Waals surface area contributed by atoms with Crippen LogP contribution < -0.4 is 0 Å². The van der Waals surface area contributed by atoms with Crippen LogP contribution in [0.2, 0.25) is 0 Å². The summed E-state index contributed by atoms with van der Waals surface area (Å²) in [5, 5.41) is 0. The average molecular weight is 230 g/mol. The van der Waals surface area contributed by atoms with Gasteiger partial charge in [-0.05, 0) is 18.8 Å². The van der Waals surface area contributed by atoms with E-state index in [9.17, 15) is 9.59 Å². The molecule has 16 heavy (non-hydrogen) atoms. The van der Waals surface area contributed by atoms with Crippen molar-refractivity contribution < 1.29 is 9.59 Å². The second-order valence-electron chi connectivity index (χ2n) is 4.79. The van der Waals surface area contributed by atoms with Crippen LogP contribution in [0.25, 0.3) is 0 Å². The van der Waals surface area contributed by atoms with Gasteiger partial charge in [-0.2, -0.15) is 0 Å². The molecule has 2 nitrogen and oxygen atoms in total. The van der Waals surface area contributed by atoms with Gasteiger partial charge in [-0.15, -0.1) is 0 Å². The zero-order chi connectivity index (χ0) is 12.4. The third-order valence-electron chi connectivity index (χ3n) is 1.77. The molecule has 0 aliphatic rings.